The quantitative estimate of drug-likeness (QED) is 0.223. The van der Waals surface area contributed by atoms with Gasteiger partial charge in [-0.05, 0) is 32.1 Å². The van der Waals surface area contributed by atoms with Crippen molar-refractivity contribution in [1.29, 1.82) is 0 Å². The molecule has 0 unspecified atom stereocenters. The molecular weight excluding hydrogens is 381 g/mol. The van der Waals surface area contributed by atoms with Gasteiger partial charge in [-0.1, -0.05) is 13.8 Å². The molecule has 128 valence electrons. The van der Waals surface area contributed by atoms with Gasteiger partial charge in [-0.3, -0.25) is 4.99 Å². The van der Waals surface area contributed by atoms with Crippen LogP contribution < -0.4 is 10.6 Å². The Morgan fingerprint density at radius 3 is 2.48 bits per heavy atom. The standard InChI is InChI=1S/C15H33N3O2.HI/c1-5-16-15(18-10-8-14(2)3)17-9-6-7-11-20-13-12-19-4;/h14H,5-13H2,1-4H3,(H2,16,17,18);1H. The second kappa shape index (κ2) is 18.0. The highest BCUT2D eigenvalue weighted by atomic mass is 127. The topological polar surface area (TPSA) is 54.9 Å². The van der Waals surface area contributed by atoms with Gasteiger partial charge in [0.15, 0.2) is 5.96 Å². The second-order valence-corrected chi connectivity index (χ2v) is 5.18. The third-order valence-corrected chi connectivity index (χ3v) is 2.76. The molecule has 2 N–H and O–H groups in total. The molecule has 0 bridgehead atoms. The number of aliphatic imine (C=N–C) groups is 1. The summed E-state index contributed by atoms with van der Waals surface area (Å²) < 4.78 is 10.3. The summed E-state index contributed by atoms with van der Waals surface area (Å²) in [6, 6.07) is 0. The minimum Gasteiger partial charge on any atom is -0.382 e. The van der Waals surface area contributed by atoms with Crippen LogP contribution in [0.2, 0.25) is 0 Å². The van der Waals surface area contributed by atoms with E-state index in [2.05, 4.69) is 36.4 Å². The predicted octanol–water partition coefficient (Wildman–Crippen LogP) is 2.65. The molecule has 0 heterocycles. The third-order valence-electron chi connectivity index (χ3n) is 2.76. The lowest BCUT2D eigenvalue weighted by molar-refractivity contribution is 0.0690. The van der Waals surface area contributed by atoms with Crippen LogP contribution in [0.4, 0.5) is 0 Å². The molecule has 0 aromatic heterocycles. The van der Waals surface area contributed by atoms with Gasteiger partial charge in [-0.15, -0.1) is 24.0 Å². The Morgan fingerprint density at radius 1 is 1.10 bits per heavy atom. The summed E-state index contributed by atoms with van der Waals surface area (Å²) >= 11 is 0. The van der Waals surface area contributed by atoms with E-state index in [1.54, 1.807) is 7.11 Å². The maximum Gasteiger partial charge on any atom is 0.191 e. The van der Waals surface area contributed by atoms with Crippen molar-refractivity contribution in [2.24, 2.45) is 10.9 Å². The van der Waals surface area contributed by atoms with Crippen LogP contribution in [0.15, 0.2) is 4.99 Å². The van der Waals surface area contributed by atoms with E-state index in [1.165, 1.54) is 0 Å². The van der Waals surface area contributed by atoms with Gasteiger partial charge >= 0.3 is 0 Å². The SMILES string of the molecule is CCNC(=NCCCCOCCOC)NCCC(C)C.I. The van der Waals surface area contributed by atoms with Crippen LogP contribution in [0.3, 0.4) is 0 Å². The molecule has 0 aliphatic heterocycles. The highest BCUT2D eigenvalue weighted by molar-refractivity contribution is 14.0. The maximum atomic E-state index is 5.42. The van der Waals surface area contributed by atoms with E-state index in [-0.39, 0.29) is 24.0 Å². The van der Waals surface area contributed by atoms with E-state index in [0.29, 0.717) is 13.2 Å². The Balaban J connectivity index is 0. The number of guanidine groups is 1. The molecule has 21 heavy (non-hydrogen) atoms. The number of unbranched alkanes of at least 4 members (excludes halogenated alkanes) is 1. The number of nitrogens with zero attached hydrogens (tertiary/aromatic N) is 1. The summed E-state index contributed by atoms with van der Waals surface area (Å²) in [5.74, 6) is 1.64. The van der Waals surface area contributed by atoms with Gasteiger partial charge in [0.2, 0.25) is 0 Å². The number of hydrogen-bond donors (Lipinski definition) is 2. The molecule has 0 saturated carbocycles. The third kappa shape index (κ3) is 17.9. The normalized spacial score (nSPS) is 11.4. The van der Waals surface area contributed by atoms with Gasteiger partial charge in [0.1, 0.15) is 0 Å². The summed E-state index contributed by atoms with van der Waals surface area (Å²) in [6.07, 6.45) is 3.25. The molecule has 0 atom stereocenters. The zero-order chi connectivity index (χ0) is 15.1. The highest BCUT2D eigenvalue weighted by Crippen LogP contribution is 1.96. The van der Waals surface area contributed by atoms with E-state index >= 15 is 0 Å². The van der Waals surface area contributed by atoms with Crippen LogP contribution in [0.5, 0.6) is 0 Å². The highest BCUT2D eigenvalue weighted by Gasteiger charge is 1.98. The number of hydrogen-bond acceptors (Lipinski definition) is 3. The van der Waals surface area contributed by atoms with Crippen molar-refractivity contribution in [3.8, 4) is 0 Å². The largest absolute Gasteiger partial charge is 0.382 e. The molecule has 5 nitrogen and oxygen atoms in total. The van der Waals surface area contributed by atoms with Gasteiger partial charge < -0.3 is 20.1 Å². The molecule has 0 aliphatic rings. The van der Waals surface area contributed by atoms with Crippen LogP contribution in [0.25, 0.3) is 0 Å². The second-order valence-electron chi connectivity index (χ2n) is 5.18. The summed E-state index contributed by atoms with van der Waals surface area (Å²) in [5.41, 5.74) is 0. The lowest BCUT2D eigenvalue weighted by atomic mass is 10.1. The molecule has 0 fully saturated rings. The van der Waals surface area contributed by atoms with Crippen molar-refractivity contribution in [2.75, 3.05) is 46.6 Å². The first-order chi connectivity index (χ1) is 9.70. The molecule has 0 spiro atoms. The lowest BCUT2D eigenvalue weighted by Gasteiger charge is -2.12. The zero-order valence-electron chi connectivity index (χ0n) is 14.1. The number of halogens is 1. The monoisotopic (exact) mass is 415 g/mol. The Hall–Kier alpha value is -0.0800. The maximum absolute atomic E-state index is 5.42. The molecule has 0 aromatic carbocycles. The van der Waals surface area contributed by atoms with Gasteiger partial charge in [0.25, 0.3) is 0 Å². The molecule has 0 saturated heterocycles. The number of nitrogens with one attached hydrogen (secondary N) is 2. The smallest absolute Gasteiger partial charge is 0.191 e. The summed E-state index contributed by atoms with van der Waals surface area (Å²) in [4.78, 5) is 4.56. The molecule has 0 aliphatic carbocycles. The van der Waals surface area contributed by atoms with Crippen molar-refractivity contribution in [3.05, 3.63) is 0 Å². The van der Waals surface area contributed by atoms with E-state index in [4.69, 9.17) is 9.47 Å². The molecule has 0 radical (unpaired) electrons. The molecule has 0 aromatic rings. The fraction of sp³-hybridized carbons (Fsp3) is 0.933. The average molecular weight is 415 g/mol. The van der Waals surface area contributed by atoms with Crippen molar-refractivity contribution >= 4 is 29.9 Å². The van der Waals surface area contributed by atoms with E-state index < -0.39 is 0 Å². The van der Waals surface area contributed by atoms with Crippen molar-refractivity contribution in [3.63, 3.8) is 0 Å². The van der Waals surface area contributed by atoms with Crippen LogP contribution in [0, 0.1) is 5.92 Å². The summed E-state index contributed by atoms with van der Waals surface area (Å²) in [7, 11) is 1.69. The summed E-state index contributed by atoms with van der Waals surface area (Å²) in [6.45, 7) is 11.4. The first-order valence-electron chi connectivity index (χ1n) is 7.79. The zero-order valence-corrected chi connectivity index (χ0v) is 16.4. The van der Waals surface area contributed by atoms with Gasteiger partial charge in [-0.2, -0.15) is 0 Å². The Morgan fingerprint density at radius 2 is 1.86 bits per heavy atom. The van der Waals surface area contributed by atoms with Gasteiger partial charge in [0, 0.05) is 33.4 Å². The van der Waals surface area contributed by atoms with Crippen molar-refractivity contribution in [1.82, 2.24) is 10.6 Å². The fourth-order valence-corrected chi connectivity index (χ4v) is 1.57. The molecule has 0 rings (SSSR count). The lowest BCUT2D eigenvalue weighted by Crippen LogP contribution is -2.38. The van der Waals surface area contributed by atoms with E-state index in [9.17, 15) is 0 Å². The number of rotatable bonds is 12. The van der Waals surface area contributed by atoms with E-state index in [1.807, 2.05) is 0 Å². The van der Waals surface area contributed by atoms with Gasteiger partial charge in [0.05, 0.1) is 13.2 Å². The first-order valence-corrected chi connectivity index (χ1v) is 7.79. The number of methoxy groups -OCH3 is 1. The Kier molecular flexibility index (Phi) is 19.8. The molecular formula is C15H34IN3O2. The fourth-order valence-electron chi connectivity index (χ4n) is 1.57. The van der Waals surface area contributed by atoms with Crippen LogP contribution in [-0.2, 0) is 9.47 Å². The van der Waals surface area contributed by atoms with Crippen LogP contribution in [0.1, 0.15) is 40.0 Å². The first kappa shape index (κ1) is 23.2. The predicted molar refractivity (Wildman–Crippen MR) is 101 cm³/mol. The molecule has 0 amide bonds. The minimum atomic E-state index is 0. The average Bonchev–Trinajstić information content (AvgIpc) is 2.41. The van der Waals surface area contributed by atoms with Crippen LogP contribution in [-0.4, -0.2) is 52.5 Å². The van der Waals surface area contributed by atoms with Crippen molar-refractivity contribution < 1.29 is 9.47 Å². The Labute approximate surface area is 147 Å². The molecule has 6 heteroatoms. The Bertz CT molecular complexity index is 239. The van der Waals surface area contributed by atoms with Gasteiger partial charge in [-0.25, -0.2) is 0 Å². The van der Waals surface area contributed by atoms with Crippen molar-refractivity contribution in [2.45, 2.75) is 40.0 Å². The number of ether oxygens (including phenoxy) is 2. The minimum absolute atomic E-state index is 0. The van der Waals surface area contributed by atoms with Crippen LogP contribution >= 0.6 is 24.0 Å². The van der Waals surface area contributed by atoms with E-state index in [0.717, 1.165) is 57.4 Å². The summed E-state index contributed by atoms with van der Waals surface area (Å²) in [5, 5.41) is 6.63.